The third kappa shape index (κ3) is 4.01. The van der Waals surface area contributed by atoms with E-state index >= 15 is 0 Å². The Bertz CT molecular complexity index is 751. The lowest BCUT2D eigenvalue weighted by Gasteiger charge is -2.18. The average molecular weight is 357 g/mol. The van der Waals surface area contributed by atoms with Crippen LogP contribution in [0.25, 0.3) is 0 Å². The molecule has 8 nitrogen and oxygen atoms in total. The second-order valence-electron chi connectivity index (χ2n) is 6.19. The van der Waals surface area contributed by atoms with Gasteiger partial charge in [-0.2, -0.15) is 0 Å². The second-order valence-corrected chi connectivity index (χ2v) is 6.19. The number of anilines is 1. The van der Waals surface area contributed by atoms with E-state index in [0.717, 1.165) is 12.2 Å². The molecule has 0 aromatic carbocycles. The Kier molecular flexibility index (Phi) is 5.50. The van der Waals surface area contributed by atoms with Crippen molar-refractivity contribution in [3.05, 3.63) is 36.0 Å². The van der Waals surface area contributed by atoms with Gasteiger partial charge in [0.15, 0.2) is 5.82 Å². The van der Waals surface area contributed by atoms with Crippen molar-refractivity contribution in [1.82, 2.24) is 20.1 Å². The summed E-state index contributed by atoms with van der Waals surface area (Å²) in [6.45, 7) is 3.44. The molecular formula is C18H23N5O3. The predicted octanol–water partition coefficient (Wildman–Crippen LogP) is 1.63. The largest absolute Gasteiger partial charge is 0.477 e. The van der Waals surface area contributed by atoms with Gasteiger partial charge >= 0.3 is 0 Å². The van der Waals surface area contributed by atoms with Gasteiger partial charge in [0, 0.05) is 39.3 Å². The van der Waals surface area contributed by atoms with Crippen molar-refractivity contribution in [2.45, 2.75) is 19.4 Å². The summed E-state index contributed by atoms with van der Waals surface area (Å²) < 4.78 is 11.3. The minimum Gasteiger partial charge on any atom is -0.477 e. The average Bonchev–Trinajstić information content (AvgIpc) is 3.11. The van der Waals surface area contributed by atoms with Gasteiger partial charge in [-0.05, 0) is 25.1 Å². The highest BCUT2D eigenvalue weighted by atomic mass is 16.5. The zero-order chi connectivity index (χ0) is 18.5. The number of carbonyl (C=O) groups is 1. The third-order valence-corrected chi connectivity index (χ3v) is 4.09. The van der Waals surface area contributed by atoms with Gasteiger partial charge in [0.05, 0.1) is 13.2 Å². The summed E-state index contributed by atoms with van der Waals surface area (Å²) in [6.07, 6.45) is 2.26. The lowest BCUT2D eigenvalue weighted by Crippen LogP contribution is -2.31. The molecule has 0 radical (unpaired) electrons. The summed E-state index contributed by atoms with van der Waals surface area (Å²) in [4.78, 5) is 20.6. The molecule has 1 aliphatic heterocycles. The monoisotopic (exact) mass is 357 g/mol. The van der Waals surface area contributed by atoms with Crippen LogP contribution in [0.3, 0.4) is 0 Å². The predicted molar refractivity (Wildman–Crippen MR) is 96.7 cm³/mol. The van der Waals surface area contributed by atoms with E-state index < -0.39 is 0 Å². The van der Waals surface area contributed by atoms with E-state index in [-0.39, 0.29) is 12.0 Å². The first kappa shape index (κ1) is 17.9. The maximum absolute atomic E-state index is 12.8. The maximum Gasteiger partial charge on any atom is 0.259 e. The Hall–Kier alpha value is -2.90. The Balaban J connectivity index is 1.62. The molecule has 1 saturated heterocycles. The van der Waals surface area contributed by atoms with Crippen LogP contribution in [0, 0.1) is 0 Å². The molecule has 2 aromatic rings. The van der Waals surface area contributed by atoms with E-state index in [2.05, 4.69) is 15.2 Å². The van der Waals surface area contributed by atoms with E-state index in [1.807, 2.05) is 32.0 Å². The molecule has 1 atom stereocenters. The van der Waals surface area contributed by atoms with E-state index in [9.17, 15) is 4.79 Å². The zero-order valence-corrected chi connectivity index (χ0v) is 15.3. The third-order valence-electron chi connectivity index (χ3n) is 4.09. The topological polar surface area (TPSA) is 80.7 Å². The molecule has 0 aliphatic carbocycles. The molecule has 3 rings (SSSR count). The van der Waals surface area contributed by atoms with Gasteiger partial charge in [-0.1, -0.05) is 0 Å². The number of likely N-dealkylation sites (tertiary alicyclic amines) is 1. The van der Waals surface area contributed by atoms with Gasteiger partial charge in [0.2, 0.25) is 11.8 Å². The van der Waals surface area contributed by atoms with Crippen LogP contribution in [0.15, 0.2) is 30.5 Å². The summed E-state index contributed by atoms with van der Waals surface area (Å²) in [5.74, 6) is 1.50. The van der Waals surface area contributed by atoms with Crippen LogP contribution in [-0.4, -0.2) is 65.9 Å². The van der Waals surface area contributed by atoms with Crippen LogP contribution in [0.5, 0.6) is 11.8 Å². The van der Waals surface area contributed by atoms with Crippen molar-refractivity contribution in [3.8, 4) is 11.8 Å². The molecule has 3 heterocycles. The molecule has 1 amide bonds. The molecule has 2 aromatic heterocycles. The number of hydrogen-bond acceptors (Lipinski definition) is 7. The van der Waals surface area contributed by atoms with Crippen molar-refractivity contribution >= 4 is 11.7 Å². The fourth-order valence-corrected chi connectivity index (χ4v) is 2.77. The number of ether oxygens (including phenoxy) is 2. The molecule has 0 N–H and O–H groups in total. The van der Waals surface area contributed by atoms with Gasteiger partial charge in [-0.15, -0.1) is 10.2 Å². The number of aromatic nitrogens is 3. The van der Waals surface area contributed by atoms with Gasteiger partial charge < -0.3 is 19.3 Å². The molecule has 8 heteroatoms. The van der Waals surface area contributed by atoms with Crippen molar-refractivity contribution < 1.29 is 14.3 Å². The first-order chi connectivity index (χ1) is 12.6. The van der Waals surface area contributed by atoms with Gasteiger partial charge in [-0.25, -0.2) is 4.98 Å². The Morgan fingerprint density at radius 2 is 2.15 bits per heavy atom. The van der Waals surface area contributed by atoms with Crippen LogP contribution in [0.2, 0.25) is 0 Å². The summed E-state index contributed by atoms with van der Waals surface area (Å²) >= 11 is 0. The number of carbonyl (C=O) groups excluding carboxylic acids is 1. The molecule has 26 heavy (non-hydrogen) atoms. The number of hydrogen-bond donors (Lipinski definition) is 0. The summed E-state index contributed by atoms with van der Waals surface area (Å²) in [5, 5.41) is 8.18. The highest BCUT2D eigenvalue weighted by Gasteiger charge is 2.30. The minimum atomic E-state index is -0.106. The standard InChI is InChI=1S/C18H23N5O3/c1-4-25-17-14(6-5-10-19-17)18(24)23-11-9-13(12-23)26-16-8-7-15(20-21-16)22(2)3/h5-8,10,13H,4,9,11-12H2,1-3H3/t13-/m1/s1. The van der Waals surface area contributed by atoms with Gasteiger partial charge in [0.25, 0.3) is 5.91 Å². The smallest absolute Gasteiger partial charge is 0.259 e. The molecule has 138 valence electrons. The minimum absolute atomic E-state index is 0.0957. The number of rotatable bonds is 6. The molecule has 0 saturated carbocycles. The highest BCUT2D eigenvalue weighted by Crippen LogP contribution is 2.22. The maximum atomic E-state index is 12.8. The van der Waals surface area contributed by atoms with Crippen LogP contribution >= 0.6 is 0 Å². The molecule has 1 fully saturated rings. The summed E-state index contributed by atoms with van der Waals surface area (Å²) in [5.41, 5.74) is 0.477. The quantitative estimate of drug-likeness (QED) is 0.777. The van der Waals surface area contributed by atoms with Crippen molar-refractivity contribution in [3.63, 3.8) is 0 Å². The fraction of sp³-hybridized carbons (Fsp3) is 0.444. The number of nitrogens with zero attached hydrogens (tertiary/aromatic N) is 5. The van der Waals surface area contributed by atoms with E-state index in [1.54, 1.807) is 29.3 Å². The molecular weight excluding hydrogens is 334 g/mol. The van der Waals surface area contributed by atoms with E-state index in [0.29, 0.717) is 37.0 Å². The van der Waals surface area contributed by atoms with E-state index in [4.69, 9.17) is 9.47 Å². The Morgan fingerprint density at radius 1 is 1.31 bits per heavy atom. The van der Waals surface area contributed by atoms with Crippen molar-refractivity contribution in [2.24, 2.45) is 0 Å². The second kappa shape index (κ2) is 7.99. The lowest BCUT2D eigenvalue weighted by atomic mass is 10.2. The Labute approximate surface area is 152 Å². The van der Waals surface area contributed by atoms with Crippen LogP contribution in [0.1, 0.15) is 23.7 Å². The van der Waals surface area contributed by atoms with Gasteiger partial charge in [0.1, 0.15) is 11.7 Å². The lowest BCUT2D eigenvalue weighted by molar-refractivity contribution is 0.0766. The molecule has 0 bridgehead atoms. The van der Waals surface area contributed by atoms with Crippen molar-refractivity contribution in [1.29, 1.82) is 0 Å². The first-order valence-corrected chi connectivity index (χ1v) is 8.63. The summed E-state index contributed by atoms with van der Waals surface area (Å²) in [6, 6.07) is 7.12. The van der Waals surface area contributed by atoms with Crippen LogP contribution < -0.4 is 14.4 Å². The molecule has 0 unspecified atom stereocenters. The highest BCUT2D eigenvalue weighted by molar-refractivity contribution is 5.96. The fourth-order valence-electron chi connectivity index (χ4n) is 2.77. The summed E-state index contributed by atoms with van der Waals surface area (Å²) in [7, 11) is 3.81. The molecule has 1 aliphatic rings. The number of pyridine rings is 1. The SMILES string of the molecule is CCOc1ncccc1C(=O)N1CC[C@@H](Oc2ccc(N(C)C)nn2)C1. The Morgan fingerprint density at radius 3 is 2.85 bits per heavy atom. The normalized spacial score (nSPS) is 16.4. The molecule has 0 spiro atoms. The van der Waals surface area contributed by atoms with Crippen LogP contribution in [-0.2, 0) is 0 Å². The van der Waals surface area contributed by atoms with Crippen LogP contribution in [0.4, 0.5) is 5.82 Å². The number of amides is 1. The van der Waals surface area contributed by atoms with Crippen molar-refractivity contribution in [2.75, 3.05) is 38.7 Å². The first-order valence-electron chi connectivity index (χ1n) is 8.63. The van der Waals surface area contributed by atoms with E-state index in [1.165, 1.54) is 0 Å². The van der Waals surface area contributed by atoms with Gasteiger partial charge in [-0.3, -0.25) is 4.79 Å². The zero-order valence-electron chi connectivity index (χ0n) is 15.3.